The van der Waals surface area contributed by atoms with E-state index in [0.717, 1.165) is 22.4 Å². The van der Waals surface area contributed by atoms with Crippen molar-refractivity contribution in [3.63, 3.8) is 0 Å². The number of likely N-dealkylation sites (N-methyl/N-ethyl adjacent to an activating group) is 1. The molecule has 0 saturated carbocycles. The first-order valence-electron chi connectivity index (χ1n) is 9.33. The van der Waals surface area contributed by atoms with Crippen LogP contribution >= 0.6 is 0 Å². The third kappa shape index (κ3) is 4.41. The van der Waals surface area contributed by atoms with Crippen LogP contribution in [0.15, 0.2) is 78.9 Å². The second-order valence-corrected chi connectivity index (χ2v) is 6.84. The lowest BCUT2D eigenvalue weighted by Gasteiger charge is -2.26. The fourth-order valence-corrected chi connectivity index (χ4v) is 3.35. The maximum atomic E-state index is 13.0. The highest BCUT2D eigenvalue weighted by molar-refractivity contribution is 6.00. The summed E-state index contributed by atoms with van der Waals surface area (Å²) in [7, 11) is 5.67. The summed E-state index contributed by atoms with van der Waals surface area (Å²) in [5.74, 6) is 0.737. The number of hydrogen-bond donors (Lipinski definition) is 1. The number of nitrogens with one attached hydrogen (secondary N) is 1. The number of rotatable bonds is 7. The van der Waals surface area contributed by atoms with E-state index in [1.807, 2.05) is 93.0 Å². The summed E-state index contributed by atoms with van der Waals surface area (Å²) in [6.07, 6.45) is 0. The number of methoxy groups -OCH3 is 1. The average Bonchev–Trinajstić information content (AvgIpc) is 2.74. The molecule has 4 nitrogen and oxygen atoms in total. The van der Waals surface area contributed by atoms with E-state index in [1.54, 1.807) is 7.11 Å². The van der Waals surface area contributed by atoms with Gasteiger partial charge in [-0.1, -0.05) is 66.7 Å². The van der Waals surface area contributed by atoms with Crippen molar-refractivity contribution in [1.29, 1.82) is 0 Å². The predicted molar refractivity (Wildman–Crippen MR) is 114 cm³/mol. The SMILES string of the molecule is COc1ccccc1C(CNC(=O)c1ccccc1-c1ccccc1)N(C)C. The molecular weight excluding hydrogens is 348 g/mol. The molecule has 0 radical (unpaired) electrons. The van der Waals surface area contributed by atoms with Crippen molar-refractivity contribution < 1.29 is 9.53 Å². The van der Waals surface area contributed by atoms with Crippen LogP contribution in [0.3, 0.4) is 0 Å². The molecule has 0 aliphatic rings. The number of ether oxygens (including phenoxy) is 1. The van der Waals surface area contributed by atoms with Crippen molar-refractivity contribution in [3.8, 4) is 16.9 Å². The Labute approximate surface area is 166 Å². The number of hydrogen-bond acceptors (Lipinski definition) is 3. The van der Waals surface area contributed by atoms with E-state index in [1.165, 1.54) is 0 Å². The molecule has 0 saturated heterocycles. The highest BCUT2D eigenvalue weighted by atomic mass is 16.5. The third-order valence-corrected chi connectivity index (χ3v) is 4.83. The molecule has 1 amide bonds. The van der Waals surface area contributed by atoms with Crippen molar-refractivity contribution >= 4 is 5.91 Å². The lowest BCUT2D eigenvalue weighted by atomic mass is 9.99. The van der Waals surface area contributed by atoms with Crippen LogP contribution in [0, 0.1) is 0 Å². The van der Waals surface area contributed by atoms with E-state index >= 15 is 0 Å². The van der Waals surface area contributed by atoms with Gasteiger partial charge in [0.15, 0.2) is 0 Å². The molecule has 3 aromatic rings. The van der Waals surface area contributed by atoms with Crippen LogP contribution in [0.25, 0.3) is 11.1 Å². The van der Waals surface area contributed by atoms with Crippen molar-refractivity contribution in [3.05, 3.63) is 90.0 Å². The Morgan fingerprint density at radius 3 is 2.29 bits per heavy atom. The van der Waals surface area contributed by atoms with E-state index in [-0.39, 0.29) is 11.9 Å². The lowest BCUT2D eigenvalue weighted by Crippen LogP contribution is -2.35. The van der Waals surface area contributed by atoms with Gasteiger partial charge in [-0.15, -0.1) is 0 Å². The number of amides is 1. The van der Waals surface area contributed by atoms with E-state index in [0.29, 0.717) is 12.1 Å². The van der Waals surface area contributed by atoms with Gasteiger partial charge in [0, 0.05) is 17.7 Å². The Hall–Kier alpha value is -3.11. The normalized spacial score (nSPS) is 11.9. The molecule has 0 aliphatic heterocycles. The molecule has 0 spiro atoms. The highest BCUT2D eigenvalue weighted by Gasteiger charge is 2.20. The Morgan fingerprint density at radius 2 is 1.57 bits per heavy atom. The van der Waals surface area contributed by atoms with Crippen molar-refractivity contribution in [2.45, 2.75) is 6.04 Å². The molecule has 0 bridgehead atoms. The van der Waals surface area contributed by atoms with Gasteiger partial charge in [-0.05, 0) is 37.4 Å². The van der Waals surface area contributed by atoms with Gasteiger partial charge in [0.1, 0.15) is 5.75 Å². The maximum Gasteiger partial charge on any atom is 0.251 e. The fourth-order valence-electron chi connectivity index (χ4n) is 3.35. The van der Waals surface area contributed by atoms with Gasteiger partial charge in [0.25, 0.3) is 5.91 Å². The zero-order valence-corrected chi connectivity index (χ0v) is 16.6. The maximum absolute atomic E-state index is 13.0. The first-order chi connectivity index (χ1) is 13.6. The van der Waals surface area contributed by atoms with Crippen LogP contribution in [-0.2, 0) is 0 Å². The number of nitrogens with zero attached hydrogens (tertiary/aromatic N) is 1. The fraction of sp³-hybridized carbons (Fsp3) is 0.208. The van der Waals surface area contributed by atoms with Crippen LogP contribution in [0.2, 0.25) is 0 Å². The molecular formula is C24H26N2O2. The summed E-state index contributed by atoms with van der Waals surface area (Å²) < 4.78 is 5.51. The van der Waals surface area contributed by atoms with Crippen LogP contribution in [0.4, 0.5) is 0 Å². The van der Waals surface area contributed by atoms with Crippen LogP contribution in [0.5, 0.6) is 5.75 Å². The number of carbonyl (C=O) groups excluding carboxylic acids is 1. The molecule has 0 heterocycles. The van der Waals surface area contributed by atoms with E-state index in [2.05, 4.69) is 10.2 Å². The molecule has 3 rings (SSSR count). The zero-order chi connectivity index (χ0) is 19.9. The first-order valence-corrected chi connectivity index (χ1v) is 9.33. The zero-order valence-electron chi connectivity index (χ0n) is 16.6. The smallest absolute Gasteiger partial charge is 0.251 e. The topological polar surface area (TPSA) is 41.6 Å². The molecule has 3 aromatic carbocycles. The number of para-hydroxylation sites is 1. The molecule has 1 atom stereocenters. The van der Waals surface area contributed by atoms with Gasteiger partial charge < -0.3 is 15.0 Å². The van der Waals surface area contributed by atoms with E-state index < -0.39 is 0 Å². The minimum atomic E-state index is -0.0822. The predicted octanol–water partition coefficient (Wildman–Crippen LogP) is 4.39. The monoisotopic (exact) mass is 374 g/mol. The molecule has 4 heteroatoms. The minimum absolute atomic E-state index is 0.00369. The molecule has 0 fully saturated rings. The summed E-state index contributed by atoms with van der Waals surface area (Å²) in [5.41, 5.74) is 3.68. The second kappa shape index (κ2) is 9.20. The van der Waals surface area contributed by atoms with Crippen molar-refractivity contribution in [2.75, 3.05) is 27.7 Å². The Kier molecular flexibility index (Phi) is 6.45. The van der Waals surface area contributed by atoms with Gasteiger partial charge in [-0.3, -0.25) is 4.79 Å². The van der Waals surface area contributed by atoms with Crippen LogP contribution in [-0.4, -0.2) is 38.6 Å². The summed E-state index contributed by atoms with van der Waals surface area (Å²) in [5, 5.41) is 3.10. The Bertz CT molecular complexity index is 923. The third-order valence-electron chi connectivity index (χ3n) is 4.83. The molecule has 28 heavy (non-hydrogen) atoms. The minimum Gasteiger partial charge on any atom is -0.496 e. The van der Waals surface area contributed by atoms with E-state index in [9.17, 15) is 4.79 Å². The van der Waals surface area contributed by atoms with Crippen molar-refractivity contribution in [2.24, 2.45) is 0 Å². The average molecular weight is 374 g/mol. The number of carbonyl (C=O) groups is 1. The van der Waals surface area contributed by atoms with Gasteiger partial charge in [-0.2, -0.15) is 0 Å². The van der Waals surface area contributed by atoms with Gasteiger partial charge in [0.05, 0.1) is 13.2 Å². The summed E-state index contributed by atoms with van der Waals surface area (Å²) in [6, 6.07) is 25.6. The highest BCUT2D eigenvalue weighted by Crippen LogP contribution is 2.28. The quantitative estimate of drug-likeness (QED) is 0.667. The summed E-state index contributed by atoms with van der Waals surface area (Å²) >= 11 is 0. The van der Waals surface area contributed by atoms with Gasteiger partial charge in [0.2, 0.25) is 0 Å². The lowest BCUT2D eigenvalue weighted by molar-refractivity contribution is 0.0942. The molecule has 144 valence electrons. The Morgan fingerprint density at radius 1 is 0.929 bits per heavy atom. The van der Waals surface area contributed by atoms with Gasteiger partial charge in [-0.25, -0.2) is 0 Å². The van der Waals surface area contributed by atoms with E-state index in [4.69, 9.17) is 4.74 Å². The second-order valence-electron chi connectivity index (χ2n) is 6.84. The summed E-state index contributed by atoms with van der Waals surface area (Å²) in [6.45, 7) is 0.481. The molecule has 1 unspecified atom stereocenters. The molecule has 1 N–H and O–H groups in total. The molecule has 0 aliphatic carbocycles. The van der Waals surface area contributed by atoms with Gasteiger partial charge >= 0.3 is 0 Å². The largest absolute Gasteiger partial charge is 0.496 e. The number of benzene rings is 3. The first kappa shape index (κ1) is 19.6. The van der Waals surface area contributed by atoms with Crippen LogP contribution < -0.4 is 10.1 Å². The van der Waals surface area contributed by atoms with Crippen LogP contribution in [0.1, 0.15) is 22.0 Å². The Balaban J connectivity index is 1.82. The summed E-state index contributed by atoms with van der Waals surface area (Å²) in [4.78, 5) is 15.1. The standard InChI is InChI=1S/C24H26N2O2/c1-26(2)22(21-15-9-10-16-23(21)28-3)17-25-24(27)20-14-8-7-13-19(20)18-11-5-4-6-12-18/h4-16,22H,17H2,1-3H3,(H,25,27). The van der Waals surface area contributed by atoms with Crippen molar-refractivity contribution in [1.82, 2.24) is 10.2 Å². The molecule has 0 aromatic heterocycles.